The smallest absolute Gasteiger partial charge is 0.253 e. The Balaban J connectivity index is 1.65. The van der Waals surface area contributed by atoms with Crippen LogP contribution >= 0.6 is 0 Å². The molecule has 0 aliphatic heterocycles. The Labute approximate surface area is 136 Å². The molecule has 0 fully saturated rings. The Morgan fingerprint density at radius 1 is 0.870 bits per heavy atom. The van der Waals surface area contributed by atoms with Gasteiger partial charge in [-0.15, -0.1) is 10.2 Å². The van der Waals surface area contributed by atoms with Crippen molar-refractivity contribution in [3.8, 4) is 5.75 Å². The van der Waals surface area contributed by atoms with E-state index in [9.17, 15) is 0 Å². The van der Waals surface area contributed by atoms with Crippen LogP contribution in [0.1, 0.15) is 34.0 Å². The second-order valence-corrected chi connectivity index (χ2v) is 5.74. The minimum absolute atomic E-state index is 0.283. The molecule has 0 saturated carbocycles. The minimum Gasteiger partial charge on any atom is -0.484 e. The molecule has 0 saturated heterocycles. The van der Waals surface area contributed by atoms with E-state index in [1.807, 2.05) is 43.3 Å². The maximum Gasteiger partial charge on any atom is 0.253 e. The fourth-order valence-electron chi connectivity index (χ4n) is 2.42. The van der Waals surface area contributed by atoms with E-state index in [1.165, 1.54) is 11.1 Å². The van der Waals surface area contributed by atoms with E-state index in [2.05, 4.69) is 30.1 Å². The molecule has 0 bridgehead atoms. The van der Waals surface area contributed by atoms with Crippen LogP contribution in [-0.4, -0.2) is 10.2 Å². The molecule has 1 heterocycles. The molecular formula is C19H20N2O2. The third-order valence-corrected chi connectivity index (χ3v) is 3.85. The zero-order valence-electron chi connectivity index (χ0n) is 13.7. The van der Waals surface area contributed by atoms with Gasteiger partial charge in [-0.25, -0.2) is 0 Å². The zero-order valence-corrected chi connectivity index (χ0v) is 13.7. The average Bonchev–Trinajstić information content (AvgIpc) is 2.98. The first-order valence-corrected chi connectivity index (χ1v) is 7.67. The molecule has 0 spiro atoms. The van der Waals surface area contributed by atoms with Crippen LogP contribution in [-0.2, 0) is 13.0 Å². The summed E-state index contributed by atoms with van der Waals surface area (Å²) in [4.78, 5) is 0. The van der Waals surface area contributed by atoms with Gasteiger partial charge in [0.2, 0.25) is 5.89 Å². The lowest BCUT2D eigenvalue weighted by atomic mass is 10.1. The summed E-state index contributed by atoms with van der Waals surface area (Å²) in [6.45, 7) is 6.49. The Morgan fingerprint density at radius 2 is 1.57 bits per heavy atom. The molecule has 118 valence electrons. The summed E-state index contributed by atoms with van der Waals surface area (Å²) in [6.07, 6.45) is 0.635. The maximum absolute atomic E-state index is 5.83. The van der Waals surface area contributed by atoms with Gasteiger partial charge in [0.25, 0.3) is 5.89 Å². The van der Waals surface area contributed by atoms with Gasteiger partial charge in [0, 0.05) is 0 Å². The SMILES string of the molecule is Cc1cc(C)c(OCc2nnc(Cc3ccccc3)o2)cc1C. The number of rotatable bonds is 5. The van der Waals surface area contributed by atoms with E-state index in [4.69, 9.17) is 9.15 Å². The molecule has 0 unspecified atom stereocenters. The predicted octanol–water partition coefficient (Wildman–Crippen LogP) is 4.16. The van der Waals surface area contributed by atoms with Crippen molar-refractivity contribution < 1.29 is 9.15 Å². The first-order valence-electron chi connectivity index (χ1n) is 7.67. The number of benzene rings is 2. The molecule has 4 heteroatoms. The average molecular weight is 308 g/mol. The fraction of sp³-hybridized carbons (Fsp3) is 0.263. The standard InChI is InChI=1S/C19H20N2O2/c1-13-9-15(3)17(10-14(13)2)22-12-19-21-20-18(23-19)11-16-7-5-4-6-8-16/h4-10H,11-12H2,1-3H3. The monoisotopic (exact) mass is 308 g/mol. The van der Waals surface area contributed by atoms with Crippen LogP contribution in [0, 0.1) is 20.8 Å². The lowest BCUT2D eigenvalue weighted by Crippen LogP contribution is -1.98. The summed E-state index contributed by atoms with van der Waals surface area (Å²) < 4.78 is 11.5. The van der Waals surface area contributed by atoms with Crippen LogP contribution in [0.5, 0.6) is 5.75 Å². The second kappa shape index (κ2) is 6.65. The van der Waals surface area contributed by atoms with Gasteiger partial charge in [0.15, 0.2) is 6.61 Å². The van der Waals surface area contributed by atoms with Gasteiger partial charge in [0.05, 0.1) is 6.42 Å². The zero-order chi connectivity index (χ0) is 16.2. The highest BCUT2D eigenvalue weighted by molar-refractivity contribution is 5.40. The number of aryl methyl sites for hydroxylation is 3. The Morgan fingerprint density at radius 3 is 2.35 bits per heavy atom. The van der Waals surface area contributed by atoms with Gasteiger partial charge in [-0.2, -0.15) is 0 Å². The third kappa shape index (κ3) is 3.77. The van der Waals surface area contributed by atoms with Gasteiger partial charge >= 0.3 is 0 Å². The number of ether oxygens (including phenoxy) is 1. The molecule has 23 heavy (non-hydrogen) atoms. The van der Waals surface area contributed by atoms with Crippen molar-refractivity contribution in [3.63, 3.8) is 0 Å². The number of hydrogen-bond donors (Lipinski definition) is 0. The maximum atomic E-state index is 5.83. The number of nitrogens with zero attached hydrogens (tertiary/aromatic N) is 2. The Hall–Kier alpha value is -2.62. The molecular weight excluding hydrogens is 288 g/mol. The molecule has 0 atom stereocenters. The molecule has 1 aromatic heterocycles. The largest absolute Gasteiger partial charge is 0.484 e. The highest BCUT2D eigenvalue weighted by Crippen LogP contribution is 2.23. The summed E-state index contributed by atoms with van der Waals surface area (Å²) in [6, 6.07) is 14.2. The van der Waals surface area contributed by atoms with Crippen LogP contribution < -0.4 is 4.74 Å². The van der Waals surface area contributed by atoms with Crippen LogP contribution in [0.4, 0.5) is 0 Å². The molecule has 0 N–H and O–H groups in total. The van der Waals surface area contributed by atoms with Crippen molar-refractivity contribution in [2.45, 2.75) is 33.8 Å². The molecule has 0 amide bonds. The minimum atomic E-state index is 0.283. The van der Waals surface area contributed by atoms with Gasteiger partial charge in [-0.3, -0.25) is 0 Å². The van der Waals surface area contributed by atoms with Crippen molar-refractivity contribution in [1.82, 2.24) is 10.2 Å². The van der Waals surface area contributed by atoms with E-state index in [0.717, 1.165) is 16.9 Å². The van der Waals surface area contributed by atoms with E-state index in [-0.39, 0.29) is 6.61 Å². The van der Waals surface area contributed by atoms with Gasteiger partial charge in [0.1, 0.15) is 5.75 Å². The van der Waals surface area contributed by atoms with Crippen LogP contribution in [0.3, 0.4) is 0 Å². The van der Waals surface area contributed by atoms with Gasteiger partial charge < -0.3 is 9.15 Å². The van der Waals surface area contributed by atoms with Crippen molar-refractivity contribution in [2.24, 2.45) is 0 Å². The first-order chi connectivity index (χ1) is 11.1. The quantitative estimate of drug-likeness (QED) is 0.710. The molecule has 3 aromatic rings. The Bertz CT molecular complexity index is 794. The van der Waals surface area contributed by atoms with Crippen molar-refractivity contribution >= 4 is 0 Å². The molecule has 4 nitrogen and oxygen atoms in total. The Kier molecular flexibility index (Phi) is 4.42. The molecule has 0 aliphatic carbocycles. The summed E-state index contributed by atoms with van der Waals surface area (Å²) in [7, 11) is 0. The lowest BCUT2D eigenvalue weighted by Gasteiger charge is -2.10. The summed E-state index contributed by atoms with van der Waals surface area (Å²) in [5.74, 6) is 1.95. The lowest BCUT2D eigenvalue weighted by molar-refractivity contribution is 0.258. The summed E-state index contributed by atoms with van der Waals surface area (Å²) >= 11 is 0. The normalized spacial score (nSPS) is 10.7. The summed E-state index contributed by atoms with van der Waals surface area (Å²) in [5, 5.41) is 8.14. The first kappa shape index (κ1) is 15.3. The molecule has 2 aromatic carbocycles. The van der Waals surface area contributed by atoms with Crippen molar-refractivity contribution in [2.75, 3.05) is 0 Å². The van der Waals surface area contributed by atoms with Gasteiger partial charge in [-0.05, 0) is 49.1 Å². The van der Waals surface area contributed by atoms with Crippen LogP contribution in [0.2, 0.25) is 0 Å². The highest BCUT2D eigenvalue weighted by atomic mass is 16.5. The van der Waals surface area contributed by atoms with Crippen molar-refractivity contribution in [1.29, 1.82) is 0 Å². The van der Waals surface area contributed by atoms with Crippen molar-refractivity contribution in [3.05, 3.63) is 76.5 Å². The third-order valence-electron chi connectivity index (χ3n) is 3.85. The predicted molar refractivity (Wildman–Crippen MR) is 88.5 cm³/mol. The summed E-state index contributed by atoms with van der Waals surface area (Å²) in [5.41, 5.74) is 4.73. The number of aromatic nitrogens is 2. The molecule has 0 aliphatic rings. The topological polar surface area (TPSA) is 48.2 Å². The van der Waals surface area contributed by atoms with Crippen LogP contribution in [0.25, 0.3) is 0 Å². The van der Waals surface area contributed by atoms with Crippen LogP contribution in [0.15, 0.2) is 46.9 Å². The van der Waals surface area contributed by atoms with E-state index >= 15 is 0 Å². The van der Waals surface area contributed by atoms with E-state index < -0.39 is 0 Å². The molecule has 0 radical (unpaired) electrons. The van der Waals surface area contributed by atoms with E-state index in [0.29, 0.717) is 18.2 Å². The molecule has 3 rings (SSSR count). The second-order valence-electron chi connectivity index (χ2n) is 5.74. The fourth-order valence-corrected chi connectivity index (χ4v) is 2.42. The highest BCUT2D eigenvalue weighted by Gasteiger charge is 2.09. The van der Waals surface area contributed by atoms with E-state index in [1.54, 1.807) is 0 Å². The number of hydrogen-bond acceptors (Lipinski definition) is 4. The van der Waals surface area contributed by atoms with Gasteiger partial charge in [-0.1, -0.05) is 36.4 Å².